The van der Waals surface area contributed by atoms with Crippen molar-refractivity contribution in [3.05, 3.63) is 23.0 Å². The largest absolute Gasteiger partial charge is 0.380 e. The van der Waals surface area contributed by atoms with Crippen LogP contribution in [-0.4, -0.2) is 70.4 Å². The van der Waals surface area contributed by atoms with Crippen molar-refractivity contribution >= 4 is 47.3 Å². The number of rotatable bonds is 7. The Kier molecular flexibility index (Phi) is 7.36. The number of benzene rings is 1. The molecule has 9 nitrogen and oxygen atoms in total. The Morgan fingerprint density at radius 3 is 2.65 bits per heavy atom. The minimum absolute atomic E-state index is 0.128. The summed E-state index contributed by atoms with van der Waals surface area (Å²) in [7, 11) is -6.73. The molecule has 1 aliphatic rings. The van der Waals surface area contributed by atoms with E-state index >= 15 is 0 Å². The second-order valence-electron chi connectivity index (χ2n) is 7.55. The molecular formula is C19H27N3O6S3. The number of ether oxygens (including phenoxy) is 1. The molecule has 1 saturated heterocycles. The third kappa shape index (κ3) is 5.80. The molecule has 0 aliphatic carbocycles. The highest BCUT2D eigenvalue weighted by Crippen LogP contribution is 2.23. The molecule has 1 unspecified atom stereocenters. The smallest absolute Gasteiger partial charge is 0.252 e. The lowest BCUT2D eigenvalue weighted by molar-refractivity contribution is -0.122. The predicted octanol–water partition coefficient (Wildman–Crippen LogP) is 1.24. The Labute approximate surface area is 186 Å². The standard InChI is InChI=1S/C19H27N3O6S3/c1-4-28-11-10-22-16-8-7-15(30(2,24)25)12-17(16)29-19(22)20-18(23)14-6-5-9-21(13-14)31(3,26)27/h7-8,12,14H,4-6,9-11,13H2,1-3H3. The summed E-state index contributed by atoms with van der Waals surface area (Å²) in [5, 5.41) is 0. The number of carbonyl (C=O) groups is 1. The van der Waals surface area contributed by atoms with Gasteiger partial charge in [0.05, 0.1) is 33.9 Å². The highest BCUT2D eigenvalue weighted by Gasteiger charge is 2.30. The van der Waals surface area contributed by atoms with Gasteiger partial charge in [-0.05, 0) is 38.0 Å². The number of aromatic nitrogens is 1. The van der Waals surface area contributed by atoms with E-state index in [4.69, 9.17) is 4.74 Å². The number of nitrogens with zero attached hydrogens (tertiary/aromatic N) is 3. The van der Waals surface area contributed by atoms with E-state index in [-0.39, 0.29) is 17.3 Å². The molecule has 1 aromatic heterocycles. The normalized spacial score (nSPS) is 19.2. The van der Waals surface area contributed by atoms with Gasteiger partial charge in [0.25, 0.3) is 5.91 Å². The minimum Gasteiger partial charge on any atom is -0.380 e. The van der Waals surface area contributed by atoms with Gasteiger partial charge in [-0.2, -0.15) is 4.99 Å². The van der Waals surface area contributed by atoms with Crippen LogP contribution in [0.2, 0.25) is 0 Å². The Morgan fingerprint density at radius 2 is 2.00 bits per heavy atom. The third-order valence-corrected chi connectivity index (χ3v) is 8.58. The molecule has 0 bridgehead atoms. The highest BCUT2D eigenvalue weighted by molar-refractivity contribution is 7.90. The number of piperidine rings is 1. The number of thiazole rings is 1. The van der Waals surface area contributed by atoms with Gasteiger partial charge in [0.15, 0.2) is 14.6 Å². The van der Waals surface area contributed by atoms with Crippen molar-refractivity contribution in [2.45, 2.75) is 31.2 Å². The average Bonchev–Trinajstić information content (AvgIpc) is 3.03. The van der Waals surface area contributed by atoms with Gasteiger partial charge in [-0.25, -0.2) is 21.1 Å². The first-order chi connectivity index (χ1) is 14.5. The van der Waals surface area contributed by atoms with Crippen LogP contribution < -0.4 is 4.80 Å². The zero-order valence-electron chi connectivity index (χ0n) is 17.8. The molecule has 2 aromatic rings. The van der Waals surface area contributed by atoms with E-state index in [1.54, 1.807) is 12.1 Å². The van der Waals surface area contributed by atoms with Crippen molar-refractivity contribution < 1.29 is 26.4 Å². The topological polar surface area (TPSA) is 115 Å². The molecule has 31 heavy (non-hydrogen) atoms. The van der Waals surface area contributed by atoms with Gasteiger partial charge in [0.1, 0.15) is 0 Å². The zero-order valence-corrected chi connectivity index (χ0v) is 20.2. The maximum atomic E-state index is 12.9. The van der Waals surface area contributed by atoms with Crippen LogP contribution in [0.15, 0.2) is 28.1 Å². The molecule has 0 radical (unpaired) electrons. The highest BCUT2D eigenvalue weighted by atomic mass is 32.2. The number of amides is 1. The van der Waals surface area contributed by atoms with E-state index in [0.29, 0.717) is 48.6 Å². The van der Waals surface area contributed by atoms with Gasteiger partial charge in [-0.1, -0.05) is 11.3 Å². The summed E-state index contributed by atoms with van der Waals surface area (Å²) in [6, 6.07) is 4.84. The van der Waals surface area contributed by atoms with Crippen molar-refractivity contribution in [1.82, 2.24) is 8.87 Å². The maximum absolute atomic E-state index is 12.9. The summed E-state index contributed by atoms with van der Waals surface area (Å²) < 4.78 is 56.9. The van der Waals surface area contributed by atoms with E-state index in [9.17, 15) is 21.6 Å². The van der Waals surface area contributed by atoms with Crippen LogP contribution in [0.3, 0.4) is 0 Å². The van der Waals surface area contributed by atoms with Gasteiger partial charge in [-0.3, -0.25) is 4.79 Å². The summed E-state index contributed by atoms with van der Waals surface area (Å²) >= 11 is 1.23. The lowest BCUT2D eigenvalue weighted by atomic mass is 9.99. The van der Waals surface area contributed by atoms with Gasteiger partial charge < -0.3 is 9.30 Å². The lowest BCUT2D eigenvalue weighted by Gasteiger charge is -2.28. The fraction of sp³-hybridized carbons (Fsp3) is 0.579. The number of sulfonamides is 1. The van der Waals surface area contributed by atoms with Crippen molar-refractivity contribution in [2.75, 3.05) is 38.8 Å². The fourth-order valence-electron chi connectivity index (χ4n) is 3.52. The monoisotopic (exact) mass is 489 g/mol. The Balaban J connectivity index is 2.01. The number of hydrogen-bond acceptors (Lipinski definition) is 7. The second-order valence-corrected chi connectivity index (χ2v) is 12.6. The maximum Gasteiger partial charge on any atom is 0.252 e. The van der Waals surface area contributed by atoms with Crippen LogP contribution >= 0.6 is 11.3 Å². The molecule has 172 valence electrons. The van der Waals surface area contributed by atoms with E-state index < -0.39 is 25.8 Å². The molecule has 0 saturated carbocycles. The molecule has 1 fully saturated rings. The van der Waals surface area contributed by atoms with Crippen molar-refractivity contribution in [3.63, 3.8) is 0 Å². The van der Waals surface area contributed by atoms with Crippen molar-refractivity contribution in [2.24, 2.45) is 10.9 Å². The van der Waals surface area contributed by atoms with Gasteiger partial charge >= 0.3 is 0 Å². The molecule has 0 N–H and O–H groups in total. The quantitative estimate of drug-likeness (QED) is 0.541. The zero-order chi connectivity index (χ0) is 22.8. The predicted molar refractivity (Wildman–Crippen MR) is 119 cm³/mol. The molecule has 12 heteroatoms. The van der Waals surface area contributed by atoms with E-state index in [2.05, 4.69) is 4.99 Å². The summed E-state index contributed by atoms with van der Waals surface area (Å²) in [6.07, 6.45) is 3.48. The molecule has 3 rings (SSSR count). The van der Waals surface area contributed by atoms with Crippen molar-refractivity contribution in [1.29, 1.82) is 0 Å². The average molecular weight is 490 g/mol. The minimum atomic E-state index is -3.37. The summed E-state index contributed by atoms with van der Waals surface area (Å²) in [5.74, 6) is -0.867. The Hall–Kier alpha value is -1.60. The second kappa shape index (κ2) is 9.49. The van der Waals surface area contributed by atoms with Gasteiger partial charge in [0, 0.05) is 32.5 Å². The molecule has 1 aliphatic heterocycles. The number of fused-ring (bicyclic) bond motifs is 1. The number of carbonyl (C=O) groups excluding carboxylic acids is 1. The molecular weight excluding hydrogens is 462 g/mol. The van der Waals surface area contributed by atoms with E-state index in [1.165, 1.54) is 21.7 Å². The molecule has 2 heterocycles. The van der Waals surface area contributed by atoms with Crippen LogP contribution in [0, 0.1) is 5.92 Å². The van der Waals surface area contributed by atoms with Crippen LogP contribution in [0.25, 0.3) is 10.2 Å². The number of hydrogen-bond donors (Lipinski definition) is 0. The molecule has 1 amide bonds. The van der Waals surface area contributed by atoms with Crippen LogP contribution in [-0.2, 0) is 35.9 Å². The SMILES string of the molecule is CCOCCn1c(=NC(=O)C2CCCN(S(C)(=O)=O)C2)sc2cc(S(C)(=O)=O)ccc21. The van der Waals surface area contributed by atoms with Gasteiger partial charge in [-0.15, -0.1) is 0 Å². The summed E-state index contributed by atoms with van der Waals surface area (Å²) in [4.78, 5) is 17.9. The van der Waals surface area contributed by atoms with Gasteiger partial charge in [0.2, 0.25) is 10.0 Å². The summed E-state index contributed by atoms with van der Waals surface area (Å²) in [5.41, 5.74) is 0.769. The Bertz CT molecular complexity index is 1240. The third-order valence-electron chi connectivity index (χ3n) is 5.15. The molecule has 1 atom stereocenters. The first kappa shape index (κ1) is 24.1. The van der Waals surface area contributed by atoms with Crippen LogP contribution in [0.4, 0.5) is 0 Å². The lowest BCUT2D eigenvalue weighted by Crippen LogP contribution is -2.41. The number of sulfone groups is 1. The Morgan fingerprint density at radius 1 is 1.26 bits per heavy atom. The first-order valence-corrected chi connectivity index (χ1v) is 14.5. The van der Waals surface area contributed by atoms with Crippen LogP contribution in [0.1, 0.15) is 19.8 Å². The fourth-order valence-corrected chi connectivity index (χ4v) is 6.25. The first-order valence-electron chi connectivity index (χ1n) is 9.95. The summed E-state index contributed by atoms with van der Waals surface area (Å²) in [6.45, 7) is 3.86. The van der Waals surface area contributed by atoms with E-state index in [0.717, 1.165) is 18.0 Å². The van der Waals surface area contributed by atoms with E-state index in [1.807, 2.05) is 11.5 Å². The molecule has 1 aromatic carbocycles. The van der Waals surface area contributed by atoms with Crippen molar-refractivity contribution in [3.8, 4) is 0 Å². The van der Waals surface area contributed by atoms with Crippen LogP contribution in [0.5, 0.6) is 0 Å². The molecule has 0 spiro atoms.